The van der Waals surface area contributed by atoms with Crippen LogP contribution < -0.4 is 5.32 Å². The first kappa shape index (κ1) is 33.3. The summed E-state index contributed by atoms with van der Waals surface area (Å²) < 4.78 is 63.6. The molecule has 3 aliphatic heterocycles. The fourth-order valence-electron chi connectivity index (χ4n) is 4.64. The minimum Gasteiger partial charge on any atom is -0.394 e. The third-order valence-electron chi connectivity index (χ3n) is 6.66. The number of aliphatic hydroxyl groups is 8. The molecule has 0 aromatic rings. The van der Waals surface area contributed by atoms with Gasteiger partial charge in [-0.15, -0.1) is 0 Å². The summed E-state index contributed by atoms with van der Waals surface area (Å²) in [6.07, 6.45) is -24.5. The van der Waals surface area contributed by atoms with E-state index in [0.29, 0.717) is 0 Å². The lowest BCUT2D eigenvalue weighted by Crippen LogP contribution is -2.69. The summed E-state index contributed by atoms with van der Waals surface area (Å²) in [7, 11) is -5.24. The van der Waals surface area contributed by atoms with Crippen LogP contribution in [-0.2, 0) is 43.1 Å². The number of carbonyl (C=O) groups is 1. The molecule has 15 atom stereocenters. The lowest BCUT2D eigenvalue weighted by Gasteiger charge is -2.49. The maximum Gasteiger partial charge on any atom is 0.397 e. The van der Waals surface area contributed by atoms with Gasteiger partial charge >= 0.3 is 10.4 Å². The molecule has 19 nitrogen and oxygen atoms in total. The van der Waals surface area contributed by atoms with Gasteiger partial charge in [0.15, 0.2) is 18.9 Å². The van der Waals surface area contributed by atoms with E-state index in [4.69, 9.17) is 28.2 Å². The molecule has 3 heterocycles. The van der Waals surface area contributed by atoms with Crippen LogP contribution >= 0.6 is 0 Å². The standard InChI is InChI=1S/C20H35NO18S/c1-5-10(25)12(27)13(28)19(34-5)38-16-9(21-6(2)24)18(30)35-8(4-23)15(16)37-20-14(29)17(39-40(31,32)33)11(26)7(3-22)36-20/h5,7-20,22-23,25-30H,3-4H2,1-2H3,(H,21,24)(H,31,32,33)/t5-,7-,8-,9-,10+,11+,12+,13-,14-,15-,16-,17+,18-,19-,20+/m1/s1. The van der Waals surface area contributed by atoms with Crippen LogP contribution in [0.15, 0.2) is 0 Å². The predicted octanol–water partition coefficient (Wildman–Crippen LogP) is -6.57. The van der Waals surface area contributed by atoms with E-state index in [2.05, 4.69) is 9.50 Å². The van der Waals surface area contributed by atoms with Crippen molar-refractivity contribution in [1.29, 1.82) is 0 Å². The van der Waals surface area contributed by atoms with Gasteiger partial charge in [-0.05, 0) is 6.92 Å². The summed E-state index contributed by atoms with van der Waals surface area (Å²) in [4.78, 5) is 11.9. The third kappa shape index (κ3) is 7.42. The molecule has 0 aromatic heterocycles. The van der Waals surface area contributed by atoms with Gasteiger partial charge in [0.25, 0.3) is 0 Å². The molecule has 0 unspecified atom stereocenters. The summed E-state index contributed by atoms with van der Waals surface area (Å²) in [5, 5.41) is 84.0. The van der Waals surface area contributed by atoms with E-state index in [9.17, 15) is 54.1 Å². The topological polar surface area (TPSA) is 301 Å². The predicted molar refractivity (Wildman–Crippen MR) is 122 cm³/mol. The second kappa shape index (κ2) is 13.4. The largest absolute Gasteiger partial charge is 0.397 e. The van der Waals surface area contributed by atoms with Crippen LogP contribution in [0.1, 0.15) is 13.8 Å². The molecule has 20 heteroatoms. The van der Waals surface area contributed by atoms with Gasteiger partial charge in [-0.3, -0.25) is 9.35 Å². The smallest absolute Gasteiger partial charge is 0.394 e. The number of hydrogen-bond acceptors (Lipinski definition) is 17. The van der Waals surface area contributed by atoms with Crippen molar-refractivity contribution in [3.8, 4) is 0 Å². The van der Waals surface area contributed by atoms with Crippen molar-refractivity contribution >= 4 is 16.3 Å². The van der Waals surface area contributed by atoms with Gasteiger partial charge in [0.05, 0.1) is 19.3 Å². The molecule has 0 spiro atoms. The van der Waals surface area contributed by atoms with Gasteiger partial charge in [-0.2, -0.15) is 8.42 Å². The minimum absolute atomic E-state index is 0.713. The van der Waals surface area contributed by atoms with Gasteiger partial charge in [-0.25, -0.2) is 4.18 Å². The molecular weight excluding hydrogens is 574 g/mol. The summed E-state index contributed by atoms with van der Waals surface area (Å²) in [6.45, 7) is 0.591. The Bertz CT molecular complexity index is 956. The highest BCUT2D eigenvalue weighted by atomic mass is 32.3. The molecule has 3 aliphatic rings. The number of rotatable bonds is 9. The summed E-state index contributed by atoms with van der Waals surface area (Å²) in [5.41, 5.74) is 0. The first-order chi connectivity index (χ1) is 18.6. The van der Waals surface area contributed by atoms with Crippen molar-refractivity contribution in [2.24, 2.45) is 0 Å². The van der Waals surface area contributed by atoms with E-state index in [1.165, 1.54) is 6.92 Å². The van der Waals surface area contributed by atoms with Gasteiger partial charge in [0.1, 0.15) is 67.1 Å². The number of carbonyl (C=O) groups excluding carboxylic acids is 1. The lowest BCUT2D eigenvalue weighted by atomic mass is 9.94. The Morgan fingerprint density at radius 1 is 0.775 bits per heavy atom. The molecule has 40 heavy (non-hydrogen) atoms. The van der Waals surface area contributed by atoms with Gasteiger partial charge in [0.2, 0.25) is 5.91 Å². The Hall–Kier alpha value is -1.18. The molecule has 3 rings (SSSR count). The third-order valence-corrected chi connectivity index (χ3v) is 7.13. The highest BCUT2D eigenvalue weighted by Gasteiger charge is 2.55. The van der Waals surface area contributed by atoms with Crippen molar-refractivity contribution in [3.05, 3.63) is 0 Å². The number of amides is 1. The summed E-state index contributed by atoms with van der Waals surface area (Å²) in [5.74, 6) is -0.713. The minimum atomic E-state index is -5.24. The molecule has 1 amide bonds. The Labute approximate surface area is 227 Å². The molecule has 234 valence electrons. The normalized spacial score (nSPS) is 46.6. The van der Waals surface area contributed by atoms with Crippen LogP contribution in [0.5, 0.6) is 0 Å². The molecule has 0 radical (unpaired) electrons. The fraction of sp³-hybridized carbons (Fsp3) is 0.950. The van der Waals surface area contributed by atoms with Crippen LogP contribution in [0, 0.1) is 0 Å². The SMILES string of the molecule is CC(=O)N[C@@H]1[C@@H](O[C@H]2O[C@H](C)[C@H](O)[C@H](O)[C@H]2O)[C@H](O[C@@H]2O[C@H](CO)[C@H](O)[C@H](OS(=O)(=O)O)[C@H]2O)[C@@H](CO)O[C@H]1O. The summed E-state index contributed by atoms with van der Waals surface area (Å²) >= 11 is 0. The number of aliphatic hydroxyl groups excluding tert-OH is 8. The second-order valence-electron chi connectivity index (χ2n) is 9.55. The zero-order valence-electron chi connectivity index (χ0n) is 21.2. The van der Waals surface area contributed by atoms with Crippen molar-refractivity contribution in [2.45, 2.75) is 106 Å². The molecular formula is C20H35NO18S. The lowest BCUT2D eigenvalue weighted by molar-refractivity contribution is -0.369. The molecule has 0 bridgehead atoms. The van der Waals surface area contributed by atoms with Crippen LogP contribution in [-0.4, -0.2) is 165 Å². The highest BCUT2D eigenvalue weighted by molar-refractivity contribution is 7.80. The Balaban J connectivity index is 1.97. The van der Waals surface area contributed by atoms with Crippen LogP contribution in [0.25, 0.3) is 0 Å². The molecule has 0 aromatic carbocycles. The van der Waals surface area contributed by atoms with Crippen molar-refractivity contribution in [3.63, 3.8) is 0 Å². The number of ether oxygens (including phenoxy) is 5. The average molecular weight is 610 g/mol. The molecule has 3 fully saturated rings. The average Bonchev–Trinajstić information content (AvgIpc) is 2.87. The number of nitrogens with one attached hydrogen (secondary N) is 1. The highest BCUT2D eigenvalue weighted by Crippen LogP contribution is 2.33. The van der Waals surface area contributed by atoms with Crippen LogP contribution in [0.4, 0.5) is 0 Å². The maximum absolute atomic E-state index is 11.9. The molecule has 0 saturated carbocycles. The van der Waals surface area contributed by atoms with E-state index < -0.39 is 122 Å². The first-order valence-electron chi connectivity index (χ1n) is 12.1. The van der Waals surface area contributed by atoms with E-state index >= 15 is 0 Å². The maximum atomic E-state index is 11.9. The van der Waals surface area contributed by atoms with Crippen LogP contribution in [0.3, 0.4) is 0 Å². The fourth-order valence-corrected chi connectivity index (χ4v) is 5.15. The molecule has 3 saturated heterocycles. The van der Waals surface area contributed by atoms with Gasteiger partial charge in [0, 0.05) is 6.92 Å². The molecule has 10 N–H and O–H groups in total. The van der Waals surface area contributed by atoms with Crippen molar-refractivity contribution < 1.29 is 86.5 Å². The van der Waals surface area contributed by atoms with Gasteiger partial charge in [-0.1, -0.05) is 0 Å². The molecule has 0 aliphatic carbocycles. The van der Waals surface area contributed by atoms with Crippen LogP contribution in [0.2, 0.25) is 0 Å². The zero-order valence-corrected chi connectivity index (χ0v) is 22.0. The first-order valence-corrected chi connectivity index (χ1v) is 13.5. The van der Waals surface area contributed by atoms with Gasteiger partial charge < -0.3 is 69.9 Å². The van der Waals surface area contributed by atoms with Crippen molar-refractivity contribution in [2.75, 3.05) is 13.2 Å². The second-order valence-corrected chi connectivity index (χ2v) is 10.6. The number of hydrogen-bond donors (Lipinski definition) is 10. The monoisotopic (exact) mass is 609 g/mol. The van der Waals surface area contributed by atoms with E-state index in [1.54, 1.807) is 0 Å². The Morgan fingerprint density at radius 3 is 1.90 bits per heavy atom. The Morgan fingerprint density at radius 2 is 1.35 bits per heavy atom. The quantitative estimate of drug-likeness (QED) is 0.109. The van der Waals surface area contributed by atoms with E-state index in [0.717, 1.165) is 6.92 Å². The van der Waals surface area contributed by atoms with E-state index in [-0.39, 0.29) is 0 Å². The Kier molecular flexibility index (Phi) is 11.2. The van der Waals surface area contributed by atoms with Crippen molar-refractivity contribution in [1.82, 2.24) is 5.32 Å². The summed E-state index contributed by atoms with van der Waals surface area (Å²) in [6, 6.07) is -1.52. The van der Waals surface area contributed by atoms with E-state index in [1.807, 2.05) is 0 Å². The zero-order chi connectivity index (χ0) is 30.1.